The van der Waals surface area contributed by atoms with Gasteiger partial charge in [0.25, 0.3) is 0 Å². The minimum Gasteiger partial charge on any atom is -0.367 e. The highest BCUT2D eigenvalue weighted by molar-refractivity contribution is 6.29. The summed E-state index contributed by atoms with van der Waals surface area (Å²) in [6, 6.07) is 2.34. The summed E-state index contributed by atoms with van der Waals surface area (Å²) in [6.45, 7) is 8.58. The van der Waals surface area contributed by atoms with Crippen LogP contribution in [0.3, 0.4) is 0 Å². The molecule has 0 radical (unpaired) electrons. The maximum atomic E-state index is 6.09. The molecule has 2 unspecified atom stereocenters. The largest absolute Gasteiger partial charge is 0.367 e. The van der Waals surface area contributed by atoms with Gasteiger partial charge >= 0.3 is 0 Å². The van der Waals surface area contributed by atoms with Gasteiger partial charge in [-0.3, -0.25) is 0 Å². The molecule has 0 bridgehead atoms. The first kappa shape index (κ1) is 13.6. The lowest BCUT2D eigenvalue weighted by Gasteiger charge is -2.21. The van der Waals surface area contributed by atoms with Gasteiger partial charge in [-0.1, -0.05) is 45.7 Å². The number of aromatic nitrogens is 2. The summed E-state index contributed by atoms with van der Waals surface area (Å²) >= 11 is 6.09. The highest BCUT2D eigenvalue weighted by Crippen LogP contribution is 2.29. The fourth-order valence-electron chi connectivity index (χ4n) is 2.38. The molecule has 2 rings (SSSR count). The molecule has 0 saturated heterocycles. The van der Waals surface area contributed by atoms with E-state index in [1.165, 1.54) is 19.3 Å². The molecule has 100 valence electrons. The van der Waals surface area contributed by atoms with Crippen molar-refractivity contribution in [1.82, 2.24) is 9.97 Å². The lowest BCUT2D eigenvalue weighted by molar-refractivity contribution is 0.537. The third kappa shape index (κ3) is 3.14. The lowest BCUT2D eigenvalue weighted by Crippen LogP contribution is -2.24. The van der Waals surface area contributed by atoms with Crippen molar-refractivity contribution in [3.05, 3.63) is 17.0 Å². The van der Waals surface area contributed by atoms with E-state index in [9.17, 15) is 0 Å². The van der Waals surface area contributed by atoms with Crippen LogP contribution in [-0.4, -0.2) is 16.0 Å². The van der Waals surface area contributed by atoms with E-state index in [0.29, 0.717) is 17.1 Å². The van der Waals surface area contributed by atoms with Gasteiger partial charge < -0.3 is 5.32 Å². The summed E-state index contributed by atoms with van der Waals surface area (Å²) in [7, 11) is 0. The van der Waals surface area contributed by atoms with Gasteiger partial charge in [-0.05, 0) is 18.8 Å². The summed E-state index contributed by atoms with van der Waals surface area (Å²) in [5.74, 6) is 2.36. The molecule has 4 heteroatoms. The summed E-state index contributed by atoms with van der Waals surface area (Å²) in [6.07, 6.45) is 3.81. The Morgan fingerprint density at radius 2 is 2.00 bits per heavy atom. The molecule has 18 heavy (non-hydrogen) atoms. The molecule has 3 nitrogen and oxygen atoms in total. The van der Waals surface area contributed by atoms with E-state index in [1.807, 2.05) is 6.07 Å². The first-order chi connectivity index (χ1) is 8.36. The maximum Gasteiger partial charge on any atom is 0.137 e. The van der Waals surface area contributed by atoms with Crippen LogP contribution in [0.2, 0.25) is 5.15 Å². The molecular formula is C14H22ClN3. The molecule has 1 aromatic heterocycles. The highest BCUT2D eigenvalue weighted by Gasteiger charge is 2.24. The SMILES string of the molecule is CC1CCCC1Nc1cc(Cl)nc(C(C)(C)C)n1. The second-order valence-corrected chi connectivity index (χ2v) is 6.70. The summed E-state index contributed by atoms with van der Waals surface area (Å²) < 4.78 is 0. The van der Waals surface area contributed by atoms with Crippen molar-refractivity contribution in [2.75, 3.05) is 5.32 Å². The van der Waals surface area contributed by atoms with Crippen molar-refractivity contribution in [2.45, 2.75) is 58.4 Å². The van der Waals surface area contributed by atoms with Crippen LogP contribution in [0.1, 0.15) is 52.8 Å². The van der Waals surface area contributed by atoms with Crippen molar-refractivity contribution >= 4 is 17.4 Å². The van der Waals surface area contributed by atoms with Gasteiger partial charge in [-0.15, -0.1) is 0 Å². The fraction of sp³-hybridized carbons (Fsp3) is 0.714. The zero-order chi connectivity index (χ0) is 13.3. The molecule has 1 saturated carbocycles. The fourth-order valence-corrected chi connectivity index (χ4v) is 2.56. The first-order valence-electron chi connectivity index (χ1n) is 6.68. The van der Waals surface area contributed by atoms with Gasteiger partial charge in [0.2, 0.25) is 0 Å². The zero-order valence-electron chi connectivity index (χ0n) is 11.6. The minimum absolute atomic E-state index is 0.0807. The number of anilines is 1. The number of halogens is 1. The molecule has 1 aromatic rings. The van der Waals surface area contributed by atoms with Crippen LogP contribution >= 0.6 is 11.6 Å². The van der Waals surface area contributed by atoms with Gasteiger partial charge in [0.1, 0.15) is 16.8 Å². The van der Waals surface area contributed by atoms with E-state index in [-0.39, 0.29) is 5.41 Å². The van der Waals surface area contributed by atoms with Gasteiger partial charge in [0.15, 0.2) is 0 Å². The molecule has 1 aliphatic carbocycles. The van der Waals surface area contributed by atoms with Crippen molar-refractivity contribution in [2.24, 2.45) is 5.92 Å². The van der Waals surface area contributed by atoms with Crippen LogP contribution in [-0.2, 0) is 5.41 Å². The predicted molar refractivity (Wildman–Crippen MR) is 76.2 cm³/mol. The highest BCUT2D eigenvalue weighted by atomic mass is 35.5. The molecule has 0 aromatic carbocycles. The van der Waals surface area contributed by atoms with Crippen LogP contribution in [0.15, 0.2) is 6.07 Å². The number of hydrogen-bond acceptors (Lipinski definition) is 3. The monoisotopic (exact) mass is 267 g/mol. The van der Waals surface area contributed by atoms with Crippen LogP contribution in [0.5, 0.6) is 0 Å². The van der Waals surface area contributed by atoms with E-state index >= 15 is 0 Å². The van der Waals surface area contributed by atoms with E-state index in [0.717, 1.165) is 11.6 Å². The van der Waals surface area contributed by atoms with E-state index in [4.69, 9.17) is 11.6 Å². The Hall–Kier alpha value is -0.830. The Labute approximate surface area is 114 Å². The quantitative estimate of drug-likeness (QED) is 0.822. The maximum absolute atomic E-state index is 6.09. The molecular weight excluding hydrogens is 246 g/mol. The topological polar surface area (TPSA) is 37.8 Å². The minimum atomic E-state index is -0.0807. The number of nitrogens with one attached hydrogen (secondary N) is 1. The van der Waals surface area contributed by atoms with Gasteiger partial charge in [0, 0.05) is 17.5 Å². The summed E-state index contributed by atoms with van der Waals surface area (Å²) in [4.78, 5) is 8.91. The Bertz CT molecular complexity index is 426. The Morgan fingerprint density at radius 3 is 2.56 bits per heavy atom. The smallest absolute Gasteiger partial charge is 0.137 e. The molecule has 2 atom stereocenters. The van der Waals surface area contributed by atoms with E-state index < -0.39 is 0 Å². The normalized spacial score (nSPS) is 24.3. The second-order valence-electron chi connectivity index (χ2n) is 6.31. The Balaban J connectivity index is 2.20. The van der Waals surface area contributed by atoms with Crippen LogP contribution < -0.4 is 5.32 Å². The van der Waals surface area contributed by atoms with Crippen molar-refractivity contribution in [3.63, 3.8) is 0 Å². The number of hydrogen-bond donors (Lipinski definition) is 1. The third-order valence-corrected chi connectivity index (χ3v) is 3.75. The number of nitrogens with zero attached hydrogens (tertiary/aromatic N) is 2. The molecule has 1 N–H and O–H groups in total. The molecule has 1 heterocycles. The Kier molecular flexibility index (Phi) is 3.81. The van der Waals surface area contributed by atoms with Crippen LogP contribution in [0.25, 0.3) is 0 Å². The average Bonchev–Trinajstić information content (AvgIpc) is 2.62. The van der Waals surface area contributed by atoms with Crippen molar-refractivity contribution in [3.8, 4) is 0 Å². The van der Waals surface area contributed by atoms with Crippen molar-refractivity contribution < 1.29 is 0 Å². The van der Waals surface area contributed by atoms with E-state index in [2.05, 4.69) is 43.0 Å². The van der Waals surface area contributed by atoms with Crippen LogP contribution in [0, 0.1) is 5.92 Å². The molecule has 1 aliphatic rings. The first-order valence-corrected chi connectivity index (χ1v) is 7.05. The Morgan fingerprint density at radius 1 is 1.28 bits per heavy atom. The van der Waals surface area contributed by atoms with E-state index in [1.54, 1.807) is 0 Å². The summed E-state index contributed by atoms with van der Waals surface area (Å²) in [5, 5.41) is 4.03. The molecule has 0 aliphatic heterocycles. The van der Waals surface area contributed by atoms with Crippen LogP contribution in [0.4, 0.5) is 5.82 Å². The van der Waals surface area contributed by atoms with Gasteiger partial charge in [0.05, 0.1) is 0 Å². The zero-order valence-corrected chi connectivity index (χ0v) is 12.4. The second kappa shape index (κ2) is 5.04. The average molecular weight is 268 g/mol. The predicted octanol–water partition coefficient (Wildman–Crippen LogP) is 4.03. The summed E-state index contributed by atoms with van der Waals surface area (Å²) in [5.41, 5.74) is -0.0807. The van der Waals surface area contributed by atoms with Gasteiger partial charge in [-0.2, -0.15) is 0 Å². The standard InChI is InChI=1S/C14H22ClN3/c1-9-6-5-7-10(9)16-12-8-11(15)17-13(18-12)14(2,3)4/h8-10H,5-7H2,1-4H3,(H,16,17,18). The third-order valence-electron chi connectivity index (χ3n) is 3.56. The molecule has 0 amide bonds. The number of rotatable bonds is 2. The molecule has 0 spiro atoms. The van der Waals surface area contributed by atoms with Gasteiger partial charge in [-0.25, -0.2) is 9.97 Å². The molecule has 1 fully saturated rings. The van der Waals surface area contributed by atoms with Crippen molar-refractivity contribution in [1.29, 1.82) is 0 Å². The lowest BCUT2D eigenvalue weighted by atomic mass is 9.96.